The van der Waals surface area contributed by atoms with Gasteiger partial charge in [0.05, 0.1) is 10.9 Å². The quantitative estimate of drug-likeness (QED) is 0.707. The standard InChI is InChI=1S/C19H18FN3/c20-16-11-13(9-10-14(16)12-5-2-1-3-6-12)15-7-4-8-17-18(15)19(21)23-22-17/h4-5,7-11H,1-3,6H2,(H3,21,22,23). The van der Waals surface area contributed by atoms with E-state index in [1.54, 1.807) is 6.07 Å². The van der Waals surface area contributed by atoms with Crippen molar-refractivity contribution in [2.75, 3.05) is 5.73 Å². The number of H-pyrrole nitrogens is 1. The lowest BCUT2D eigenvalue weighted by atomic mass is 9.91. The maximum absolute atomic E-state index is 14.7. The summed E-state index contributed by atoms with van der Waals surface area (Å²) >= 11 is 0. The van der Waals surface area contributed by atoms with E-state index < -0.39 is 0 Å². The molecule has 0 saturated heterocycles. The van der Waals surface area contributed by atoms with Gasteiger partial charge in [0.1, 0.15) is 5.82 Å². The van der Waals surface area contributed by atoms with Gasteiger partial charge in [0.25, 0.3) is 0 Å². The molecular weight excluding hydrogens is 289 g/mol. The molecule has 116 valence electrons. The van der Waals surface area contributed by atoms with E-state index in [1.165, 1.54) is 6.42 Å². The Labute approximate surface area is 134 Å². The van der Waals surface area contributed by atoms with Crippen LogP contribution in [0.15, 0.2) is 42.5 Å². The number of fused-ring (bicyclic) bond motifs is 1. The average Bonchev–Trinajstić information content (AvgIpc) is 2.97. The monoisotopic (exact) mass is 307 g/mol. The SMILES string of the molecule is Nc1n[nH]c2cccc(-c3ccc(C4=CCCCC4)c(F)c3)c12. The van der Waals surface area contributed by atoms with Gasteiger partial charge in [-0.3, -0.25) is 5.10 Å². The summed E-state index contributed by atoms with van der Waals surface area (Å²) in [5.74, 6) is 0.268. The van der Waals surface area contributed by atoms with Crippen molar-refractivity contribution >= 4 is 22.3 Å². The normalized spacial score (nSPS) is 14.9. The van der Waals surface area contributed by atoms with Gasteiger partial charge in [0.2, 0.25) is 0 Å². The summed E-state index contributed by atoms with van der Waals surface area (Å²) in [4.78, 5) is 0. The zero-order valence-corrected chi connectivity index (χ0v) is 12.8. The van der Waals surface area contributed by atoms with Crippen LogP contribution in [0.1, 0.15) is 31.2 Å². The number of allylic oxidation sites excluding steroid dienone is 2. The number of halogens is 1. The van der Waals surface area contributed by atoms with Gasteiger partial charge in [0, 0.05) is 5.56 Å². The molecule has 1 aliphatic carbocycles. The van der Waals surface area contributed by atoms with Crippen LogP contribution in [-0.2, 0) is 0 Å². The van der Waals surface area contributed by atoms with Crippen LogP contribution in [0.4, 0.5) is 10.2 Å². The molecule has 0 radical (unpaired) electrons. The first-order chi connectivity index (χ1) is 11.2. The molecule has 0 unspecified atom stereocenters. The zero-order valence-electron chi connectivity index (χ0n) is 12.8. The van der Waals surface area contributed by atoms with Crippen molar-refractivity contribution in [3.8, 4) is 11.1 Å². The molecule has 0 spiro atoms. The number of anilines is 1. The van der Waals surface area contributed by atoms with Crippen LogP contribution in [0, 0.1) is 5.82 Å². The maximum atomic E-state index is 14.7. The second kappa shape index (κ2) is 5.54. The first-order valence-corrected chi connectivity index (χ1v) is 7.96. The van der Waals surface area contributed by atoms with E-state index in [2.05, 4.69) is 16.3 Å². The van der Waals surface area contributed by atoms with Crippen LogP contribution in [0.5, 0.6) is 0 Å². The smallest absolute Gasteiger partial charge is 0.153 e. The van der Waals surface area contributed by atoms with E-state index in [-0.39, 0.29) is 5.82 Å². The summed E-state index contributed by atoms with van der Waals surface area (Å²) in [6, 6.07) is 11.2. The maximum Gasteiger partial charge on any atom is 0.153 e. The number of nitrogens with two attached hydrogens (primary N) is 1. The molecule has 0 atom stereocenters. The van der Waals surface area contributed by atoms with E-state index in [0.717, 1.165) is 52.4 Å². The molecule has 0 aliphatic heterocycles. The van der Waals surface area contributed by atoms with Gasteiger partial charge in [-0.2, -0.15) is 5.10 Å². The molecule has 1 aromatic heterocycles. The number of nitrogens with zero attached hydrogens (tertiary/aromatic N) is 1. The Morgan fingerprint density at radius 3 is 2.78 bits per heavy atom. The molecule has 3 N–H and O–H groups in total. The fourth-order valence-corrected chi connectivity index (χ4v) is 3.36. The first-order valence-electron chi connectivity index (χ1n) is 7.96. The fourth-order valence-electron chi connectivity index (χ4n) is 3.36. The van der Waals surface area contributed by atoms with Crippen LogP contribution in [0.3, 0.4) is 0 Å². The van der Waals surface area contributed by atoms with E-state index >= 15 is 0 Å². The molecule has 0 fully saturated rings. The number of benzene rings is 2. The molecule has 1 aliphatic rings. The third-order valence-corrected chi connectivity index (χ3v) is 4.53. The summed E-state index contributed by atoms with van der Waals surface area (Å²) < 4.78 is 14.7. The third-order valence-electron chi connectivity index (χ3n) is 4.53. The second-order valence-corrected chi connectivity index (χ2v) is 6.01. The molecule has 23 heavy (non-hydrogen) atoms. The lowest BCUT2D eigenvalue weighted by molar-refractivity contribution is 0.621. The van der Waals surface area contributed by atoms with Crippen LogP contribution >= 0.6 is 0 Å². The first kappa shape index (κ1) is 14.0. The molecule has 0 bridgehead atoms. The fraction of sp³-hybridized carbons (Fsp3) is 0.211. The zero-order chi connectivity index (χ0) is 15.8. The Bertz CT molecular complexity index is 908. The summed E-state index contributed by atoms with van der Waals surface area (Å²) in [5, 5.41) is 7.79. The van der Waals surface area contributed by atoms with Crippen molar-refractivity contribution in [3.05, 3.63) is 53.9 Å². The van der Waals surface area contributed by atoms with Gasteiger partial charge in [0.15, 0.2) is 5.82 Å². The third kappa shape index (κ3) is 2.40. The lowest BCUT2D eigenvalue weighted by Crippen LogP contribution is -1.96. The van der Waals surface area contributed by atoms with Crippen molar-refractivity contribution in [2.45, 2.75) is 25.7 Å². The highest BCUT2D eigenvalue weighted by Crippen LogP contribution is 2.34. The van der Waals surface area contributed by atoms with Crippen LogP contribution < -0.4 is 5.73 Å². The molecule has 0 saturated carbocycles. The lowest BCUT2D eigenvalue weighted by Gasteiger charge is -2.14. The molecule has 2 aromatic carbocycles. The Morgan fingerprint density at radius 2 is 2.00 bits per heavy atom. The molecule has 3 nitrogen and oxygen atoms in total. The predicted molar refractivity (Wildman–Crippen MR) is 92.3 cm³/mol. The number of hydrogen-bond acceptors (Lipinski definition) is 2. The molecular formula is C19H18FN3. The summed E-state index contributed by atoms with van der Waals surface area (Å²) in [5.41, 5.74) is 10.4. The topological polar surface area (TPSA) is 54.7 Å². The predicted octanol–water partition coefficient (Wildman–Crippen LogP) is 4.91. The van der Waals surface area contributed by atoms with Crippen LogP contribution in [0.25, 0.3) is 27.6 Å². The summed E-state index contributed by atoms with van der Waals surface area (Å²) in [6.45, 7) is 0. The summed E-state index contributed by atoms with van der Waals surface area (Å²) in [7, 11) is 0. The number of aromatic nitrogens is 2. The highest BCUT2D eigenvalue weighted by Gasteiger charge is 2.14. The van der Waals surface area contributed by atoms with Gasteiger partial charge in [-0.15, -0.1) is 0 Å². The molecule has 4 heteroatoms. The van der Waals surface area contributed by atoms with E-state index in [1.807, 2.05) is 30.3 Å². The summed E-state index contributed by atoms with van der Waals surface area (Å²) in [6.07, 6.45) is 6.50. The number of nitrogens with one attached hydrogen (secondary N) is 1. The minimum atomic E-state index is -0.172. The molecule has 4 rings (SSSR count). The van der Waals surface area contributed by atoms with E-state index in [0.29, 0.717) is 5.82 Å². The Kier molecular flexibility index (Phi) is 3.37. The Balaban J connectivity index is 1.82. The highest BCUT2D eigenvalue weighted by molar-refractivity contribution is 6.01. The number of nitrogen functional groups attached to an aromatic ring is 1. The van der Waals surface area contributed by atoms with Crippen molar-refractivity contribution in [3.63, 3.8) is 0 Å². The average molecular weight is 307 g/mol. The van der Waals surface area contributed by atoms with Crippen molar-refractivity contribution in [2.24, 2.45) is 0 Å². The molecule has 1 heterocycles. The van der Waals surface area contributed by atoms with E-state index in [4.69, 9.17) is 5.73 Å². The number of rotatable bonds is 2. The Hall–Kier alpha value is -2.62. The molecule has 0 amide bonds. The van der Waals surface area contributed by atoms with E-state index in [9.17, 15) is 4.39 Å². The minimum Gasteiger partial charge on any atom is -0.382 e. The second-order valence-electron chi connectivity index (χ2n) is 6.01. The number of hydrogen-bond donors (Lipinski definition) is 2. The van der Waals surface area contributed by atoms with Gasteiger partial charge < -0.3 is 5.73 Å². The van der Waals surface area contributed by atoms with Gasteiger partial charge in [-0.1, -0.05) is 30.3 Å². The Morgan fingerprint density at radius 1 is 1.09 bits per heavy atom. The van der Waals surface area contributed by atoms with Crippen molar-refractivity contribution in [1.82, 2.24) is 10.2 Å². The van der Waals surface area contributed by atoms with Gasteiger partial charge in [-0.05, 0) is 54.5 Å². The number of aromatic amines is 1. The van der Waals surface area contributed by atoms with Crippen LogP contribution in [-0.4, -0.2) is 10.2 Å². The van der Waals surface area contributed by atoms with Gasteiger partial charge in [-0.25, -0.2) is 4.39 Å². The minimum absolute atomic E-state index is 0.172. The van der Waals surface area contributed by atoms with Gasteiger partial charge >= 0.3 is 0 Å². The van der Waals surface area contributed by atoms with Crippen molar-refractivity contribution in [1.29, 1.82) is 0 Å². The molecule has 3 aromatic rings. The van der Waals surface area contributed by atoms with Crippen molar-refractivity contribution < 1.29 is 4.39 Å². The van der Waals surface area contributed by atoms with Crippen LogP contribution in [0.2, 0.25) is 0 Å². The largest absolute Gasteiger partial charge is 0.382 e. The highest BCUT2D eigenvalue weighted by atomic mass is 19.1.